The van der Waals surface area contributed by atoms with Gasteiger partial charge in [0.15, 0.2) is 0 Å². The van der Waals surface area contributed by atoms with Gasteiger partial charge in [-0.25, -0.2) is 0 Å². The van der Waals surface area contributed by atoms with Crippen molar-refractivity contribution in [2.24, 2.45) is 0 Å². The first kappa shape index (κ1) is 15.6. The van der Waals surface area contributed by atoms with Crippen LogP contribution in [0.4, 0.5) is 10.7 Å². The number of hydrogen-bond acceptors (Lipinski definition) is 7. The summed E-state index contributed by atoms with van der Waals surface area (Å²) in [7, 11) is 1.54. The van der Waals surface area contributed by atoms with E-state index in [2.05, 4.69) is 15.5 Å². The number of nitrogens with one attached hydrogen (secondary N) is 2. The van der Waals surface area contributed by atoms with Crippen LogP contribution in [0.25, 0.3) is 0 Å². The van der Waals surface area contributed by atoms with Gasteiger partial charge in [0.05, 0.1) is 24.5 Å². The summed E-state index contributed by atoms with van der Waals surface area (Å²) in [6, 6.07) is 2.02. The maximum Gasteiger partial charge on any atom is 0.256 e. The third-order valence-corrected chi connectivity index (χ3v) is 4.39. The Morgan fingerprint density at radius 3 is 2.86 bits per heavy atom. The van der Waals surface area contributed by atoms with Crippen molar-refractivity contribution in [1.29, 1.82) is 5.26 Å². The molecule has 8 heteroatoms. The maximum atomic E-state index is 11.9. The molecule has 1 aliphatic heterocycles. The van der Waals surface area contributed by atoms with Crippen LogP contribution in [0.1, 0.15) is 15.2 Å². The van der Waals surface area contributed by atoms with Crippen molar-refractivity contribution in [1.82, 2.24) is 10.2 Å². The van der Waals surface area contributed by atoms with Gasteiger partial charge in [-0.2, -0.15) is 5.26 Å². The lowest BCUT2D eigenvalue weighted by Crippen LogP contribution is -2.39. The fourth-order valence-corrected chi connectivity index (χ4v) is 3.09. The van der Waals surface area contributed by atoms with E-state index in [0.29, 0.717) is 22.0 Å². The molecular formula is C13H19N5O2S. The standard InChI is InChI=1S/C13H19N5O2S/c1-16-12(19)10-11(15)9(8-14)21-13(10)17-2-3-18-4-6-20-7-5-18/h17H,2-7,15H2,1H3,(H,16,19). The molecule has 0 spiro atoms. The van der Waals surface area contributed by atoms with Gasteiger partial charge < -0.3 is 21.1 Å². The van der Waals surface area contributed by atoms with Gasteiger partial charge >= 0.3 is 0 Å². The molecule has 2 heterocycles. The predicted octanol–water partition coefficient (Wildman–Crippen LogP) is 0.306. The Morgan fingerprint density at radius 2 is 2.24 bits per heavy atom. The molecule has 1 aromatic heterocycles. The molecule has 0 bridgehead atoms. The van der Waals surface area contributed by atoms with E-state index in [9.17, 15) is 4.79 Å². The van der Waals surface area contributed by atoms with Crippen LogP contribution in [0.3, 0.4) is 0 Å². The predicted molar refractivity (Wildman–Crippen MR) is 82.6 cm³/mol. The van der Waals surface area contributed by atoms with Crippen molar-refractivity contribution in [3.05, 3.63) is 10.4 Å². The van der Waals surface area contributed by atoms with E-state index in [1.54, 1.807) is 7.05 Å². The SMILES string of the molecule is CNC(=O)c1c(NCCN2CCOCC2)sc(C#N)c1N. The number of hydrogen-bond donors (Lipinski definition) is 3. The number of nitrogens with zero attached hydrogens (tertiary/aromatic N) is 2. The molecule has 0 radical (unpaired) electrons. The normalized spacial score (nSPS) is 15.4. The molecule has 0 aromatic carbocycles. The second kappa shape index (κ2) is 7.26. The molecular weight excluding hydrogens is 290 g/mol. The molecule has 1 saturated heterocycles. The molecule has 0 saturated carbocycles. The number of carbonyl (C=O) groups is 1. The third-order valence-electron chi connectivity index (χ3n) is 3.32. The lowest BCUT2D eigenvalue weighted by atomic mass is 10.2. The van der Waals surface area contributed by atoms with Crippen molar-refractivity contribution < 1.29 is 9.53 Å². The highest BCUT2D eigenvalue weighted by Gasteiger charge is 2.21. The average Bonchev–Trinajstić information content (AvgIpc) is 2.83. The summed E-state index contributed by atoms with van der Waals surface area (Å²) in [6.45, 7) is 4.90. The van der Waals surface area contributed by atoms with Gasteiger partial charge in [0.2, 0.25) is 0 Å². The number of thiophene rings is 1. The molecule has 1 aliphatic rings. The topological polar surface area (TPSA) is 103 Å². The zero-order valence-electron chi connectivity index (χ0n) is 11.9. The molecule has 4 N–H and O–H groups in total. The number of nitrogen functional groups attached to an aromatic ring is 1. The number of ether oxygens (including phenoxy) is 1. The Hall–Kier alpha value is -1.82. The summed E-state index contributed by atoms with van der Waals surface area (Å²) < 4.78 is 5.30. The zero-order valence-corrected chi connectivity index (χ0v) is 12.8. The number of nitriles is 1. The second-order valence-corrected chi connectivity index (χ2v) is 5.64. The van der Waals surface area contributed by atoms with E-state index in [1.165, 1.54) is 11.3 Å². The molecule has 1 aromatic rings. The van der Waals surface area contributed by atoms with Crippen LogP contribution in [0.5, 0.6) is 0 Å². The fourth-order valence-electron chi connectivity index (χ4n) is 2.15. The van der Waals surface area contributed by atoms with Crippen LogP contribution in [0.2, 0.25) is 0 Å². The Morgan fingerprint density at radius 1 is 1.52 bits per heavy atom. The van der Waals surface area contributed by atoms with Gasteiger partial charge in [0.1, 0.15) is 15.9 Å². The van der Waals surface area contributed by atoms with E-state index in [4.69, 9.17) is 15.7 Å². The van der Waals surface area contributed by atoms with Gasteiger partial charge in [-0.1, -0.05) is 0 Å². The molecule has 0 atom stereocenters. The first-order valence-electron chi connectivity index (χ1n) is 6.75. The fraction of sp³-hybridized carbons (Fsp3) is 0.538. The van der Waals surface area contributed by atoms with Gasteiger partial charge in [-0.15, -0.1) is 11.3 Å². The highest BCUT2D eigenvalue weighted by atomic mass is 32.1. The Balaban J connectivity index is 2.01. The number of morpholine rings is 1. The molecule has 0 aliphatic carbocycles. The minimum atomic E-state index is -0.279. The molecule has 7 nitrogen and oxygen atoms in total. The second-order valence-electron chi connectivity index (χ2n) is 4.62. The number of rotatable bonds is 5. The average molecular weight is 309 g/mol. The zero-order chi connectivity index (χ0) is 15.2. The van der Waals surface area contributed by atoms with Crippen molar-refractivity contribution in [2.75, 3.05) is 57.5 Å². The van der Waals surface area contributed by atoms with Gasteiger partial charge in [-0.3, -0.25) is 9.69 Å². The van der Waals surface area contributed by atoms with Gasteiger partial charge in [0, 0.05) is 33.2 Å². The van der Waals surface area contributed by atoms with Crippen LogP contribution >= 0.6 is 11.3 Å². The van der Waals surface area contributed by atoms with Crippen LogP contribution in [0.15, 0.2) is 0 Å². The minimum Gasteiger partial charge on any atom is -0.396 e. The molecule has 21 heavy (non-hydrogen) atoms. The lowest BCUT2D eigenvalue weighted by molar-refractivity contribution is 0.0398. The number of amides is 1. The summed E-state index contributed by atoms with van der Waals surface area (Å²) in [6.07, 6.45) is 0. The van der Waals surface area contributed by atoms with E-state index in [0.717, 1.165) is 32.8 Å². The highest BCUT2D eigenvalue weighted by Crippen LogP contribution is 2.34. The molecule has 0 unspecified atom stereocenters. The maximum absolute atomic E-state index is 11.9. The number of anilines is 2. The highest BCUT2D eigenvalue weighted by molar-refractivity contribution is 7.17. The number of carbonyl (C=O) groups excluding carboxylic acids is 1. The summed E-state index contributed by atoms with van der Waals surface area (Å²) in [5, 5.41) is 15.5. The summed E-state index contributed by atoms with van der Waals surface area (Å²) >= 11 is 1.22. The lowest BCUT2D eigenvalue weighted by Gasteiger charge is -2.26. The Kier molecular flexibility index (Phi) is 5.38. The third kappa shape index (κ3) is 3.64. The molecule has 1 amide bonds. The summed E-state index contributed by atoms with van der Waals surface area (Å²) in [4.78, 5) is 14.5. The Bertz CT molecular complexity index is 545. The quantitative estimate of drug-likeness (QED) is 0.723. The molecule has 1 fully saturated rings. The molecule has 2 rings (SSSR count). The van der Waals surface area contributed by atoms with Crippen LogP contribution in [0, 0.1) is 11.3 Å². The van der Waals surface area contributed by atoms with E-state index >= 15 is 0 Å². The summed E-state index contributed by atoms with van der Waals surface area (Å²) in [5.41, 5.74) is 6.47. The van der Waals surface area contributed by atoms with Crippen LogP contribution in [-0.4, -0.2) is 57.2 Å². The molecule has 114 valence electrons. The van der Waals surface area contributed by atoms with Crippen LogP contribution in [-0.2, 0) is 4.74 Å². The number of nitrogens with two attached hydrogens (primary N) is 1. The summed E-state index contributed by atoms with van der Waals surface area (Å²) in [5.74, 6) is -0.279. The van der Waals surface area contributed by atoms with E-state index in [1.807, 2.05) is 6.07 Å². The van der Waals surface area contributed by atoms with Gasteiger partial charge in [0.25, 0.3) is 5.91 Å². The first-order chi connectivity index (χ1) is 10.2. The van der Waals surface area contributed by atoms with Gasteiger partial charge in [-0.05, 0) is 0 Å². The van der Waals surface area contributed by atoms with Crippen molar-refractivity contribution in [2.45, 2.75) is 0 Å². The first-order valence-corrected chi connectivity index (χ1v) is 7.57. The van der Waals surface area contributed by atoms with Crippen molar-refractivity contribution in [3.63, 3.8) is 0 Å². The Labute approximate surface area is 127 Å². The smallest absolute Gasteiger partial charge is 0.256 e. The van der Waals surface area contributed by atoms with Crippen molar-refractivity contribution >= 4 is 27.9 Å². The van der Waals surface area contributed by atoms with Crippen molar-refractivity contribution in [3.8, 4) is 6.07 Å². The van der Waals surface area contributed by atoms with E-state index in [-0.39, 0.29) is 11.6 Å². The largest absolute Gasteiger partial charge is 0.396 e. The van der Waals surface area contributed by atoms with E-state index < -0.39 is 0 Å². The van der Waals surface area contributed by atoms with Crippen LogP contribution < -0.4 is 16.4 Å². The monoisotopic (exact) mass is 309 g/mol. The minimum absolute atomic E-state index is 0.246.